The minimum atomic E-state index is 0.291. The van der Waals surface area contributed by atoms with Gasteiger partial charge in [-0.2, -0.15) is 11.8 Å². The van der Waals surface area contributed by atoms with Gasteiger partial charge in [0.05, 0.1) is 0 Å². The molecule has 0 amide bonds. The van der Waals surface area contributed by atoms with E-state index in [1.54, 1.807) is 0 Å². The van der Waals surface area contributed by atoms with Crippen molar-refractivity contribution in [2.24, 2.45) is 0 Å². The van der Waals surface area contributed by atoms with E-state index in [9.17, 15) is 0 Å². The van der Waals surface area contributed by atoms with Crippen molar-refractivity contribution in [1.29, 1.82) is 0 Å². The molecule has 0 fully saturated rings. The van der Waals surface area contributed by atoms with Crippen LogP contribution in [0, 0.1) is 0 Å². The molecule has 0 aliphatic rings. The highest BCUT2D eigenvalue weighted by atomic mass is 32.2. The largest absolute Gasteiger partial charge is 0.312 e. The summed E-state index contributed by atoms with van der Waals surface area (Å²) in [6.45, 7) is 7.82. The average molecular weight is 189 g/mol. The first-order valence-electron chi connectivity index (χ1n) is 4.80. The Balaban J connectivity index is 3.01. The first-order valence-corrected chi connectivity index (χ1v) is 6.19. The fraction of sp³-hybridized carbons (Fsp3) is 1.00. The van der Waals surface area contributed by atoms with Crippen LogP contribution in [0.5, 0.6) is 0 Å². The molecule has 0 aliphatic carbocycles. The zero-order chi connectivity index (χ0) is 9.45. The molecule has 12 heavy (non-hydrogen) atoms. The molecule has 0 aromatic heterocycles. The van der Waals surface area contributed by atoms with Crippen molar-refractivity contribution in [3.05, 3.63) is 0 Å². The summed E-state index contributed by atoms with van der Waals surface area (Å²) in [7, 11) is 0. The van der Waals surface area contributed by atoms with Gasteiger partial charge < -0.3 is 5.32 Å². The Hall–Kier alpha value is 0.310. The molecule has 0 saturated carbocycles. The first-order chi connectivity index (χ1) is 5.56. The van der Waals surface area contributed by atoms with E-state index in [0.29, 0.717) is 5.54 Å². The van der Waals surface area contributed by atoms with E-state index in [1.165, 1.54) is 25.0 Å². The highest BCUT2D eigenvalue weighted by Crippen LogP contribution is 2.03. The lowest BCUT2D eigenvalue weighted by Gasteiger charge is -2.20. The van der Waals surface area contributed by atoms with Gasteiger partial charge >= 0.3 is 0 Å². The summed E-state index contributed by atoms with van der Waals surface area (Å²) in [5.74, 6) is 1.31. The van der Waals surface area contributed by atoms with Crippen LogP contribution >= 0.6 is 11.8 Å². The van der Waals surface area contributed by atoms with Crippen LogP contribution in [0.4, 0.5) is 0 Å². The Morgan fingerprint density at radius 3 is 2.25 bits per heavy atom. The van der Waals surface area contributed by atoms with Crippen molar-refractivity contribution in [3.63, 3.8) is 0 Å². The molecule has 1 N–H and O–H groups in total. The summed E-state index contributed by atoms with van der Waals surface area (Å²) in [5.41, 5.74) is 0.291. The molecule has 0 rings (SSSR count). The molecule has 2 heteroatoms. The van der Waals surface area contributed by atoms with Gasteiger partial charge in [0.25, 0.3) is 0 Å². The van der Waals surface area contributed by atoms with Crippen LogP contribution in [0.3, 0.4) is 0 Å². The van der Waals surface area contributed by atoms with Crippen LogP contribution in [0.25, 0.3) is 0 Å². The van der Waals surface area contributed by atoms with Gasteiger partial charge in [0.1, 0.15) is 0 Å². The first kappa shape index (κ1) is 12.3. The number of rotatable bonds is 6. The highest BCUT2D eigenvalue weighted by Gasteiger charge is 2.06. The van der Waals surface area contributed by atoms with Crippen molar-refractivity contribution in [2.75, 3.05) is 18.6 Å². The van der Waals surface area contributed by atoms with E-state index < -0.39 is 0 Å². The van der Waals surface area contributed by atoms with Gasteiger partial charge in [-0.3, -0.25) is 0 Å². The fourth-order valence-corrected chi connectivity index (χ4v) is 1.50. The normalized spacial score (nSPS) is 12.0. The predicted octanol–water partition coefficient (Wildman–Crippen LogP) is 2.91. The van der Waals surface area contributed by atoms with E-state index in [2.05, 4.69) is 32.3 Å². The fourth-order valence-electron chi connectivity index (χ4n) is 1.01. The highest BCUT2D eigenvalue weighted by molar-refractivity contribution is 7.98. The Kier molecular flexibility index (Phi) is 6.96. The van der Waals surface area contributed by atoms with Gasteiger partial charge in [-0.05, 0) is 52.2 Å². The van der Waals surface area contributed by atoms with E-state index >= 15 is 0 Å². The lowest BCUT2D eigenvalue weighted by atomic mass is 10.1. The maximum Gasteiger partial charge on any atom is 0.00965 e. The van der Waals surface area contributed by atoms with Crippen molar-refractivity contribution in [3.8, 4) is 0 Å². The van der Waals surface area contributed by atoms with E-state index in [1.807, 2.05) is 11.8 Å². The smallest absolute Gasteiger partial charge is 0.00965 e. The van der Waals surface area contributed by atoms with Gasteiger partial charge in [-0.1, -0.05) is 6.42 Å². The second-order valence-electron chi connectivity index (χ2n) is 4.23. The van der Waals surface area contributed by atoms with Crippen LogP contribution in [0.1, 0.15) is 40.0 Å². The van der Waals surface area contributed by atoms with Crippen molar-refractivity contribution in [2.45, 2.75) is 45.6 Å². The number of unbranched alkanes of at least 4 members (excludes halogenated alkanes) is 2. The van der Waals surface area contributed by atoms with Crippen molar-refractivity contribution < 1.29 is 0 Å². The molecule has 0 spiro atoms. The molecular formula is C10H23NS. The molecule has 0 bridgehead atoms. The topological polar surface area (TPSA) is 12.0 Å². The quantitative estimate of drug-likeness (QED) is 0.645. The second-order valence-corrected chi connectivity index (χ2v) is 5.22. The van der Waals surface area contributed by atoms with Gasteiger partial charge in [-0.25, -0.2) is 0 Å². The summed E-state index contributed by atoms with van der Waals surface area (Å²) < 4.78 is 0. The van der Waals surface area contributed by atoms with Crippen LogP contribution in [0.2, 0.25) is 0 Å². The Labute approximate surface area is 81.7 Å². The summed E-state index contributed by atoms with van der Waals surface area (Å²) in [6.07, 6.45) is 6.22. The third-order valence-corrected chi connectivity index (χ3v) is 2.38. The van der Waals surface area contributed by atoms with E-state index in [-0.39, 0.29) is 0 Å². The zero-order valence-corrected chi connectivity index (χ0v) is 9.76. The monoisotopic (exact) mass is 189 g/mol. The van der Waals surface area contributed by atoms with Crippen molar-refractivity contribution >= 4 is 11.8 Å². The molecule has 0 saturated heterocycles. The third-order valence-electron chi connectivity index (χ3n) is 1.68. The Morgan fingerprint density at radius 1 is 1.08 bits per heavy atom. The van der Waals surface area contributed by atoms with Gasteiger partial charge in [-0.15, -0.1) is 0 Å². The molecule has 0 heterocycles. The molecule has 1 nitrogen and oxygen atoms in total. The van der Waals surface area contributed by atoms with Gasteiger partial charge in [0.2, 0.25) is 0 Å². The zero-order valence-electron chi connectivity index (χ0n) is 8.94. The number of hydrogen-bond acceptors (Lipinski definition) is 2. The second kappa shape index (κ2) is 6.79. The molecule has 0 radical (unpaired) electrons. The molecular weight excluding hydrogens is 166 g/mol. The SMILES string of the molecule is CSCCCCCNC(C)(C)C. The van der Waals surface area contributed by atoms with Crippen LogP contribution in [0.15, 0.2) is 0 Å². The number of hydrogen-bond donors (Lipinski definition) is 1. The summed E-state index contributed by atoms with van der Waals surface area (Å²) >= 11 is 1.94. The molecule has 0 unspecified atom stereocenters. The standard InChI is InChI=1S/C10H23NS/c1-10(2,3)11-8-6-5-7-9-12-4/h11H,5-9H2,1-4H3. The third kappa shape index (κ3) is 10.3. The number of thioether (sulfide) groups is 1. The Bertz CT molecular complexity index is 96.5. The van der Waals surface area contributed by atoms with Crippen LogP contribution in [-0.4, -0.2) is 24.1 Å². The Morgan fingerprint density at radius 2 is 1.75 bits per heavy atom. The maximum atomic E-state index is 3.49. The van der Waals surface area contributed by atoms with Crippen LogP contribution < -0.4 is 5.32 Å². The minimum absolute atomic E-state index is 0.291. The van der Waals surface area contributed by atoms with E-state index in [0.717, 1.165) is 6.54 Å². The predicted molar refractivity (Wildman–Crippen MR) is 60.0 cm³/mol. The molecule has 0 aliphatic heterocycles. The maximum absolute atomic E-state index is 3.49. The lowest BCUT2D eigenvalue weighted by molar-refractivity contribution is 0.418. The van der Waals surface area contributed by atoms with Gasteiger partial charge in [0.15, 0.2) is 0 Å². The van der Waals surface area contributed by atoms with Crippen LogP contribution in [-0.2, 0) is 0 Å². The van der Waals surface area contributed by atoms with Crippen molar-refractivity contribution in [1.82, 2.24) is 5.32 Å². The summed E-state index contributed by atoms with van der Waals surface area (Å²) in [6, 6.07) is 0. The molecule has 0 aromatic rings. The molecule has 0 atom stereocenters. The molecule has 0 aromatic carbocycles. The van der Waals surface area contributed by atoms with E-state index in [4.69, 9.17) is 0 Å². The lowest BCUT2D eigenvalue weighted by Crippen LogP contribution is -2.36. The van der Waals surface area contributed by atoms with Gasteiger partial charge in [0, 0.05) is 5.54 Å². The minimum Gasteiger partial charge on any atom is -0.312 e. The average Bonchev–Trinajstić information content (AvgIpc) is 1.94. The number of nitrogens with one attached hydrogen (secondary N) is 1. The summed E-state index contributed by atoms with van der Waals surface area (Å²) in [4.78, 5) is 0. The summed E-state index contributed by atoms with van der Waals surface area (Å²) in [5, 5.41) is 3.49. The molecule has 74 valence electrons.